The van der Waals surface area contributed by atoms with E-state index < -0.39 is 11.7 Å². The SMILES string of the molecule is CCn1c(CCl)nc2cc(C(F)(F)F)ccc21. The third-order valence-corrected chi connectivity index (χ3v) is 2.83. The van der Waals surface area contributed by atoms with Gasteiger partial charge in [0.15, 0.2) is 0 Å². The van der Waals surface area contributed by atoms with Gasteiger partial charge in [0.2, 0.25) is 0 Å². The summed E-state index contributed by atoms with van der Waals surface area (Å²) in [5, 5.41) is 0. The van der Waals surface area contributed by atoms with Gasteiger partial charge in [0.1, 0.15) is 5.82 Å². The fourth-order valence-corrected chi connectivity index (χ4v) is 2.01. The van der Waals surface area contributed by atoms with E-state index in [0.717, 1.165) is 12.1 Å². The minimum atomic E-state index is -4.34. The zero-order valence-electron chi connectivity index (χ0n) is 9.05. The van der Waals surface area contributed by atoms with E-state index in [1.54, 1.807) is 0 Å². The van der Waals surface area contributed by atoms with Crippen LogP contribution in [0.4, 0.5) is 13.2 Å². The lowest BCUT2D eigenvalue weighted by molar-refractivity contribution is -0.137. The Morgan fingerprint density at radius 3 is 2.59 bits per heavy atom. The number of hydrogen-bond acceptors (Lipinski definition) is 1. The van der Waals surface area contributed by atoms with Crippen molar-refractivity contribution in [2.24, 2.45) is 0 Å². The summed E-state index contributed by atoms with van der Waals surface area (Å²) in [6, 6.07) is 3.55. The standard InChI is InChI=1S/C11H10ClF3N2/c1-2-17-9-4-3-7(11(13,14)15)5-8(9)16-10(17)6-12/h3-5H,2,6H2,1H3. The van der Waals surface area contributed by atoms with Gasteiger partial charge in [-0.15, -0.1) is 11.6 Å². The zero-order chi connectivity index (χ0) is 12.6. The van der Waals surface area contributed by atoms with Crippen molar-refractivity contribution in [1.82, 2.24) is 9.55 Å². The number of fused-ring (bicyclic) bond motifs is 1. The van der Waals surface area contributed by atoms with Crippen molar-refractivity contribution >= 4 is 22.6 Å². The van der Waals surface area contributed by atoms with Crippen LogP contribution in [0.15, 0.2) is 18.2 Å². The number of halogens is 4. The first kappa shape index (κ1) is 12.2. The summed E-state index contributed by atoms with van der Waals surface area (Å²) in [6.45, 7) is 2.53. The molecule has 0 saturated carbocycles. The molecule has 0 aliphatic heterocycles. The monoisotopic (exact) mass is 262 g/mol. The number of nitrogens with zero attached hydrogens (tertiary/aromatic N) is 2. The number of aryl methyl sites for hydroxylation is 1. The van der Waals surface area contributed by atoms with Crippen molar-refractivity contribution in [3.8, 4) is 0 Å². The number of hydrogen-bond donors (Lipinski definition) is 0. The van der Waals surface area contributed by atoms with Gasteiger partial charge in [-0.05, 0) is 25.1 Å². The molecule has 0 radical (unpaired) electrons. The molecule has 0 unspecified atom stereocenters. The molecule has 2 nitrogen and oxygen atoms in total. The minimum Gasteiger partial charge on any atom is -0.327 e. The van der Waals surface area contributed by atoms with Gasteiger partial charge < -0.3 is 4.57 Å². The largest absolute Gasteiger partial charge is 0.416 e. The maximum Gasteiger partial charge on any atom is 0.416 e. The smallest absolute Gasteiger partial charge is 0.327 e. The molecule has 0 spiro atoms. The molecule has 0 saturated heterocycles. The highest BCUT2D eigenvalue weighted by molar-refractivity contribution is 6.16. The van der Waals surface area contributed by atoms with E-state index in [1.807, 2.05) is 11.5 Å². The molecule has 1 aromatic carbocycles. The van der Waals surface area contributed by atoms with Crippen LogP contribution in [0.1, 0.15) is 18.3 Å². The molecule has 1 aromatic heterocycles. The summed E-state index contributed by atoms with van der Waals surface area (Å²) in [5.41, 5.74) is 0.320. The van der Waals surface area contributed by atoms with E-state index >= 15 is 0 Å². The highest BCUT2D eigenvalue weighted by Crippen LogP contribution is 2.31. The molecule has 0 aliphatic carbocycles. The Morgan fingerprint density at radius 2 is 2.06 bits per heavy atom. The number of benzene rings is 1. The summed E-state index contributed by atoms with van der Waals surface area (Å²) in [7, 11) is 0. The Balaban J connectivity index is 2.64. The molecule has 2 aromatic rings. The van der Waals surface area contributed by atoms with Gasteiger partial charge in [-0.25, -0.2) is 4.98 Å². The zero-order valence-corrected chi connectivity index (χ0v) is 9.81. The number of imidazole rings is 1. The van der Waals surface area contributed by atoms with Crippen molar-refractivity contribution in [1.29, 1.82) is 0 Å². The maximum absolute atomic E-state index is 12.5. The van der Waals surface area contributed by atoms with Gasteiger partial charge in [0.25, 0.3) is 0 Å². The lowest BCUT2D eigenvalue weighted by Gasteiger charge is -2.06. The molecule has 6 heteroatoms. The molecule has 1 heterocycles. The van der Waals surface area contributed by atoms with E-state index in [2.05, 4.69) is 4.98 Å². The number of aromatic nitrogens is 2. The van der Waals surface area contributed by atoms with E-state index in [4.69, 9.17) is 11.6 Å². The van der Waals surface area contributed by atoms with Gasteiger partial charge in [-0.2, -0.15) is 13.2 Å². The molecular weight excluding hydrogens is 253 g/mol. The molecule has 0 fully saturated rings. The molecule has 0 bridgehead atoms. The van der Waals surface area contributed by atoms with Gasteiger partial charge >= 0.3 is 6.18 Å². The van der Waals surface area contributed by atoms with E-state index in [9.17, 15) is 13.2 Å². The average Bonchev–Trinajstić information content (AvgIpc) is 2.64. The first-order valence-electron chi connectivity index (χ1n) is 5.09. The van der Waals surface area contributed by atoms with Crippen molar-refractivity contribution in [2.75, 3.05) is 0 Å². The van der Waals surface area contributed by atoms with E-state index in [0.29, 0.717) is 23.4 Å². The van der Waals surface area contributed by atoms with Crippen LogP contribution < -0.4 is 0 Å². The Morgan fingerprint density at radius 1 is 1.35 bits per heavy atom. The molecule has 0 atom stereocenters. The van der Waals surface area contributed by atoms with Crippen LogP contribution >= 0.6 is 11.6 Å². The summed E-state index contributed by atoms with van der Waals surface area (Å²) >= 11 is 5.71. The molecule has 2 rings (SSSR count). The molecule has 0 amide bonds. The van der Waals surface area contributed by atoms with Crippen LogP contribution in [0.3, 0.4) is 0 Å². The third-order valence-electron chi connectivity index (χ3n) is 2.59. The molecule has 92 valence electrons. The Labute approximate surface area is 101 Å². The second-order valence-corrected chi connectivity index (χ2v) is 3.87. The van der Waals surface area contributed by atoms with Gasteiger partial charge in [0, 0.05) is 6.54 Å². The normalized spacial score (nSPS) is 12.3. The van der Waals surface area contributed by atoms with Gasteiger partial charge in [-0.1, -0.05) is 0 Å². The lowest BCUT2D eigenvalue weighted by Crippen LogP contribution is -2.04. The average molecular weight is 263 g/mol. The second kappa shape index (κ2) is 4.22. The summed E-state index contributed by atoms with van der Waals surface area (Å²) in [5.74, 6) is 0.771. The quantitative estimate of drug-likeness (QED) is 0.753. The number of alkyl halides is 4. The van der Waals surface area contributed by atoms with Crippen LogP contribution in [-0.4, -0.2) is 9.55 Å². The van der Waals surface area contributed by atoms with E-state index in [1.165, 1.54) is 6.07 Å². The highest BCUT2D eigenvalue weighted by Gasteiger charge is 2.31. The minimum absolute atomic E-state index is 0.184. The third kappa shape index (κ3) is 2.11. The topological polar surface area (TPSA) is 17.8 Å². The van der Waals surface area contributed by atoms with Crippen molar-refractivity contribution < 1.29 is 13.2 Å². The molecule has 17 heavy (non-hydrogen) atoms. The van der Waals surface area contributed by atoms with Crippen LogP contribution in [0, 0.1) is 0 Å². The predicted molar refractivity (Wildman–Crippen MR) is 60.0 cm³/mol. The maximum atomic E-state index is 12.5. The van der Waals surface area contributed by atoms with Crippen LogP contribution in [0.5, 0.6) is 0 Å². The number of rotatable bonds is 2. The van der Waals surface area contributed by atoms with Crippen LogP contribution in [0.2, 0.25) is 0 Å². The van der Waals surface area contributed by atoms with E-state index in [-0.39, 0.29) is 5.88 Å². The molecule has 0 N–H and O–H groups in total. The summed E-state index contributed by atoms with van der Waals surface area (Å²) in [6.07, 6.45) is -4.34. The highest BCUT2D eigenvalue weighted by atomic mass is 35.5. The van der Waals surface area contributed by atoms with Crippen molar-refractivity contribution in [2.45, 2.75) is 25.5 Å². The first-order chi connectivity index (χ1) is 7.97. The van der Waals surface area contributed by atoms with Crippen molar-refractivity contribution in [3.05, 3.63) is 29.6 Å². The van der Waals surface area contributed by atoms with Crippen molar-refractivity contribution in [3.63, 3.8) is 0 Å². The summed E-state index contributed by atoms with van der Waals surface area (Å²) in [4.78, 5) is 4.11. The van der Waals surface area contributed by atoms with Gasteiger partial charge in [-0.3, -0.25) is 0 Å². The first-order valence-corrected chi connectivity index (χ1v) is 5.63. The molecular formula is C11H10ClF3N2. The molecule has 0 aliphatic rings. The Hall–Kier alpha value is -1.23. The fraction of sp³-hybridized carbons (Fsp3) is 0.364. The second-order valence-electron chi connectivity index (χ2n) is 3.61. The predicted octanol–water partition coefficient (Wildman–Crippen LogP) is 3.81. The fourth-order valence-electron chi connectivity index (χ4n) is 1.81. The van der Waals surface area contributed by atoms with Crippen LogP contribution in [0.25, 0.3) is 11.0 Å². The lowest BCUT2D eigenvalue weighted by atomic mass is 10.2. The summed E-state index contributed by atoms with van der Waals surface area (Å²) < 4.78 is 39.4. The van der Waals surface area contributed by atoms with Crippen LogP contribution in [-0.2, 0) is 18.6 Å². The Bertz CT molecular complexity index is 545. The Kier molecular flexibility index (Phi) is 3.03. The van der Waals surface area contributed by atoms with Gasteiger partial charge in [0.05, 0.1) is 22.5 Å².